The lowest BCUT2D eigenvalue weighted by atomic mass is 10.2. The molecule has 0 aromatic carbocycles. The Hall–Kier alpha value is -2.09. The average molecular weight is 359 g/mol. The van der Waals surface area contributed by atoms with Crippen molar-refractivity contribution in [2.75, 3.05) is 5.32 Å². The van der Waals surface area contributed by atoms with E-state index in [1.165, 1.54) is 17.1 Å². The Balaban J connectivity index is 1.72. The van der Waals surface area contributed by atoms with Crippen molar-refractivity contribution in [2.24, 2.45) is 0 Å². The summed E-state index contributed by atoms with van der Waals surface area (Å²) >= 11 is 5.88. The number of nitrogens with one attached hydrogen (secondary N) is 1. The molecule has 1 aliphatic rings. The van der Waals surface area contributed by atoms with Crippen LogP contribution in [0.25, 0.3) is 0 Å². The van der Waals surface area contributed by atoms with Crippen LogP contribution in [0.4, 0.5) is 18.9 Å². The van der Waals surface area contributed by atoms with Crippen LogP contribution >= 0.6 is 11.6 Å². The molecule has 0 bridgehead atoms. The number of carbonyl (C=O) groups is 1. The molecule has 128 valence electrons. The molecule has 1 N–H and O–H groups in total. The predicted molar refractivity (Wildman–Crippen MR) is 81.7 cm³/mol. The number of alkyl halides is 3. The van der Waals surface area contributed by atoms with Gasteiger partial charge in [0.2, 0.25) is 5.91 Å². The number of pyridine rings is 1. The Morgan fingerprint density at radius 2 is 2.00 bits per heavy atom. The lowest BCUT2D eigenvalue weighted by Crippen LogP contribution is -2.16. The number of hydrogen-bond acceptors (Lipinski definition) is 3. The summed E-state index contributed by atoms with van der Waals surface area (Å²) in [5, 5.41) is 5.90. The first-order valence-corrected chi connectivity index (χ1v) is 7.77. The molecule has 9 heteroatoms. The lowest BCUT2D eigenvalue weighted by molar-refractivity contribution is -0.141. The summed E-state index contributed by atoms with van der Waals surface area (Å²) in [5.74, 6) is -0.326. The van der Waals surface area contributed by atoms with Crippen LogP contribution in [0.2, 0.25) is 5.02 Å². The van der Waals surface area contributed by atoms with Gasteiger partial charge in [0.15, 0.2) is 5.69 Å². The van der Waals surface area contributed by atoms with Gasteiger partial charge in [-0.05, 0) is 25.0 Å². The summed E-state index contributed by atoms with van der Waals surface area (Å²) in [5.41, 5.74) is -0.131. The fourth-order valence-electron chi connectivity index (χ4n) is 2.42. The van der Waals surface area contributed by atoms with E-state index in [4.69, 9.17) is 11.6 Å². The normalized spacial score (nSPS) is 14.7. The molecule has 0 atom stereocenters. The SMILES string of the molecule is O=C(CCn1nc(C(F)(F)F)c(Cl)c1C1CC1)Nc1ccncc1. The van der Waals surface area contributed by atoms with Crippen molar-refractivity contribution in [1.29, 1.82) is 0 Å². The summed E-state index contributed by atoms with van der Waals surface area (Å²) in [6.07, 6.45) is 0.0217. The summed E-state index contributed by atoms with van der Waals surface area (Å²) < 4.78 is 40.1. The van der Waals surface area contributed by atoms with Crippen LogP contribution in [-0.4, -0.2) is 20.7 Å². The third kappa shape index (κ3) is 3.69. The van der Waals surface area contributed by atoms with Crippen LogP contribution in [0.1, 0.15) is 36.6 Å². The number of anilines is 1. The van der Waals surface area contributed by atoms with E-state index in [1.807, 2.05) is 0 Å². The molecule has 1 amide bonds. The number of hydrogen-bond donors (Lipinski definition) is 1. The maximum atomic E-state index is 13.0. The van der Waals surface area contributed by atoms with Gasteiger partial charge in [0, 0.05) is 30.4 Å². The van der Waals surface area contributed by atoms with Crippen molar-refractivity contribution >= 4 is 23.2 Å². The van der Waals surface area contributed by atoms with Gasteiger partial charge < -0.3 is 5.32 Å². The van der Waals surface area contributed by atoms with Gasteiger partial charge in [0.1, 0.15) is 0 Å². The molecule has 0 radical (unpaired) electrons. The second-order valence-corrected chi connectivity index (χ2v) is 5.96. The third-order valence-corrected chi connectivity index (χ3v) is 4.05. The first kappa shape index (κ1) is 16.8. The second kappa shape index (κ2) is 6.43. The van der Waals surface area contributed by atoms with Gasteiger partial charge in [-0.25, -0.2) is 0 Å². The van der Waals surface area contributed by atoms with E-state index in [0.29, 0.717) is 11.4 Å². The maximum absolute atomic E-state index is 13.0. The smallest absolute Gasteiger partial charge is 0.326 e. The van der Waals surface area contributed by atoms with Crippen LogP contribution in [0.15, 0.2) is 24.5 Å². The average Bonchev–Trinajstić information content (AvgIpc) is 3.29. The minimum atomic E-state index is -4.61. The quantitative estimate of drug-likeness (QED) is 0.883. The Bertz CT molecular complexity index is 741. The first-order chi connectivity index (χ1) is 11.4. The molecular weight excluding hydrogens is 345 g/mol. The first-order valence-electron chi connectivity index (χ1n) is 7.39. The topological polar surface area (TPSA) is 59.8 Å². The summed E-state index contributed by atoms with van der Waals surface area (Å²) in [7, 11) is 0. The highest BCUT2D eigenvalue weighted by Crippen LogP contribution is 2.46. The van der Waals surface area contributed by atoms with Gasteiger partial charge in [0.25, 0.3) is 0 Å². The number of nitrogens with zero attached hydrogens (tertiary/aromatic N) is 3. The second-order valence-electron chi connectivity index (χ2n) is 5.58. The fourth-order valence-corrected chi connectivity index (χ4v) is 2.81. The Morgan fingerprint density at radius 1 is 1.33 bits per heavy atom. The monoisotopic (exact) mass is 358 g/mol. The molecular formula is C15H14ClF3N4O. The highest BCUT2D eigenvalue weighted by molar-refractivity contribution is 6.32. The van der Waals surface area contributed by atoms with Gasteiger partial charge in [-0.2, -0.15) is 18.3 Å². The van der Waals surface area contributed by atoms with Crippen LogP contribution in [-0.2, 0) is 17.5 Å². The summed E-state index contributed by atoms with van der Waals surface area (Å²) in [6, 6.07) is 3.25. The molecule has 0 unspecified atom stereocenters. The zero-order valence-corrected chi connectivity index (χ0v) is 13.2. The molecule has 0 spiro atoms. The van der Waals surface area contributed by atoms with Crippen molar-refractivity contribution < 1.29 is 18.0 Å². The van der Waals surface area contributed by atoms with Crippen LogP contribution in [0.5, 0.6) is 0 Å². The highest BCUT2D eigenvalue weighted by Gasteiger charge is 2.41. The molecule has 3 rings (SSSR count). The zero-order valence-electron chi connectivity index (χ0n) is 12.5. The number of amides is 1. The standard InChI is InChI=1S/C15H14ClF3N4O/c16-12-13(9-1-2-9)23(22-14(12)15(17,18)19)8-5-11(24)21-10-3-6-20-7-4-10/h3-4,6-7,9H,1-2,5,8H2,(H,20,21,24). The Labute approximate surface area is 140 Å². The Kier molecular flexibility index (Phi) is 4.49. The van der Waals surface area contributed by atoms with Crippen molar-refractivity contribution in [2.45, 2.75) is 37.9 Å². The van der Waals surface area contributed by atoms with Gasteiger partial charge in [0.05, 0.1) is 17.3 Å². The van der Waals surface area contributed by atoms with Crippen LogP contribution in [0, 0.1) is 0 Å². The number of halogens is 4. The van der Waals surface area contributed by atoms with E-state index in [9.17, 15) is 18.0 Å². The van der Waals surface area contributed by atoms with E-state index in [2.05, 4.69) is 15.4 Å². The van der Waals surface area contributed by atoms with E-state index >= 15 is 0 Å². The molecule has 1 aliphatic carbocycles. The van der Waals surface area contributed by atoms with Crippen molar-refractivity contribution in [3.63, 3.8) is 0 Å². The van der Waals surface area contributed by atoms with Crippen LogP contribution in [0.3, 0.4) is 0 Å². The summed E-state index contributed by atoms with van der Waals surface area (Å²) in [6.45, 7) is 0.0402. The molecule has 1 saturated carbocycles. The molecule has 2 aromatic heterocycles. The highest BCUT2D eigenvalue weighted by atomic mass is 35.5. The van der Waals surface area contributed by atoms with E-state index in [1.54, 1.807) is 12.1 Å². The summed E-state index contributed by atoms with van der Waals surface area (Å²) in [4.78, 5) is 15.8. The van der Waals surface area contributed by atoms with Gasteiger partial charge in [-0.3, -0.25) is 14.5 Å². The van der Waals surface area contributed by atoms with E-state index < -0.39 is 11.9 Å². The van der Waals surface area contributed by atoms with Crippen LogP contribution < -0.4 is 5.32 Å². The molecule has 2 heterocycles. The minimum Gasteiger partial charge on any atom is -0.326 e. The van der Waals surface area contributed by atoms with Crippen molar-refractivity contribution in [3.05, 3.63) is 40.9 Å². The largest absolute Gasteiger partial charge is 0.436 e. The molecule has 24 heavy (non-hydrogen) atoms. The molecule has 2 aromatic rings. The molecule has 0 saturated heterocycles. The fraction of sp³-hybridized carbons (Fsp3) is 0.400. The van der Waals surface area contributed by atoms with E-state index in [0.717, 1.165) is 12.8 Å². The number of carbonyl (C=O) groups excluding carboxylic acids is 1. The molecule has 0 aliphatic heterocycles. The Morgan fingerprint density at radius 3 is 2.58 bits per heavy atom. The van der Waals surface area contributed by atoms with Crippen molar-refractivity contribution in [1.82, 2.24) is 14.8 Å². The molecule has 1 fully saturated rings. The number of aryl methyl sites for hydroxylation is 1. The van der Waals surface area contributed by atoms with Gasteiger partial charge >= 0.3 is 6.18 Å². The van der Waals surface area contributed by atoms with Gasteiger partial charge in [-0.15, -0.1) is 0 Å². The number of aromatic nitrogens is 3. The zero-order chi connectivity index (χ0) is 17.3. The maximum Gasteiger partial charge on any atom is 0.436 e. The third-order valence-electron chi connectivity index (χ3n) is 3.68. The lowest BCUT2D eigenvalue weighted by Gasteiger charge is -2.08. The van der Waals surface area contributed by atoms with Crippen molar-refractivity contribution in [3.8, 4) is 0 Å². The predicted octanol–water partition coefficient (Wildman–Crippen LogP) is 3.86. The molecule has 5 nitrogen and oxygen atoms in total. The van der Waals surface area contributed by atoms with Gasteiger partial charge in [-0.1, -0.05) is 11.6 Å². The number of rotatable bonds is 5. The minimum absolute atomic E-state index is 0.00263. The van der Waals surface area contributed by atoms with E-state index in [-0.39, 0.29) is 29.8 Å².